The Kier molecular flexibility index (Phi) is 3.43. The lowest BCUT2D eigenvalue weighted by Gasteiger charge is -2.17. The molecule has 1 nitrogen and oxygen atoms in total. The van der Waals surface area contributed by atoms with Gasteiger partial charge in [-0.2, -0.15) is 0 Å². The van der Waals surface area contributed by atoms with Crippen molar-refractivity contribution in [2.75, 3.05) is 0 Å². The molecular formula is C14H23N. The van der Waals surface area contributed by atoms with Gasteiger partial charge in [0.05, 0.1) is 0 Å². The third-order valence-corrected chi connectivity index (χ3v) is 2.64. The highest BCUT2D eigenvalue weighted by atomic mass is 14.9. The second-order valence-electron chi connectivity index (χ2n) is 5.51. The Hall–Kier alpha value is -0.980. The second kappa shape index (κ2) is 4.26. The zero-order valence-electron chi connectivity index (χ0n) is 10.9. The van der Waals surface area contributed by atoms with Gasteiger partial charge in [-0.05, 0) is 42.9 Å². The number of nitrogens with zero attached hydrogens (tertiary/aromatic N) is 1. The van der Waals surface area contributed by atoms with Gasteiger partial charge < -0.3 is 4.57 Å². The Balaban J connectivity index is 3.07. The smallest absolute Gasteiger partial charge is 0.0433 e. The quantitative estimate of drug-likeness (QED) is 0.689. The van der Waals surface area contributed by atoms with Crippen molar-refractivity contribution in [2.24, 2.45) is 12.5 Å². The fourth-order valence-electron chi connectivity index (χ4n) is 1.98. The van der Waals surface area contributed by atoms with E-state index >= 15 is 0 Å². The zero-order valence-corrected chi connectivity index (χ0v) is 10.9. The first-order valence-corrected chi connectivity index (χ1v) is 5.62. The van der Waals surface area contributed by atoms with E-state index in [0.29, 0.717) is 5.41 Å². The van der Waals surface area contributed by atoms with Gasteiger partial charge in [0.25, 0.3) is 0 Å². The molecular weight excluding hydrogens is 182 g/mol. The van der Waals surface area contributed by atoms with Crippen LogP contribution in [0.1, 0.15) is 44.5 Å². The molecule has 15 heavy (non-hydrogen) atoms. The monoisotopic (exact) mass is 205 g/mol. The maximum Gasteiger partial charge on any atom is 0.0433 e. The van der Waals surface area contributed by atoms with Crippen LogP contribution in [0.2, 0.25) is 0 Å². The number of rotatable bonds is 2. The highest BCUT2D eigenvalue weighted by Crippen LogP contribution is 2.25. The van der Waals surface area contributed by atoms with E-state index in [1.807, 2.05) is 0 Å². The molecule has 0 saturated heterocycles. The minimum Gasteiger partial charge on any atom is -0.351 e. The first-order chi connectivity index (χ1) is 6.85. The maximum atomic E-state index is 2.29. The number of aryl methyl sites for hydroxylation is 1. The van der Waals surface area contributed by atoms with Gasteiger partial charge in [0.15, 0.2) is 0 Å². The summed E-state index contributed by atoms with van der Waals surface area (Å²) in [7, 11) is 2.12. The summed E-state index contributed by atoms with van der Waals surface area (Å²) >= 11 is 0. The van der Waals surface area contributed by atoms with Crippen molar-refractivity contribution in [2.45, 2.75) is 41.0 Å². The van der Waals surface area contributed by atoms with Crippen molar-refractivity contribution in [1.29, 1.82) is 0 Å². The molecule has 1 heterocycles. The normalized spacial score (nSPS) is 12.7. The van der Waals surface area contributed by atoms with Crippen LogP contribution in [-0.2, 0) is 13.5 Å². The van der Waals surface area contributed by atoms with Crippen molar-refractivity contribution in [3.8, 4) is 0 Å². The van der Waals surface area contributed by atoms with Gasteiger partial charge in [0.2, 0.25) is 0 Å². The van der Waals surface area contributed by atoms with Crippen LogP contribution in [0.4, 0.5) is 0 Å². The molecule has 0 amide bonds. The molecule has 0 N–H and O–H groups in total. The van der Waals surface area contributed by atoms with Crippen LogP contribution in [0.25, 0.3) is 6.08 Å². The van der Waals surface area contributed by atoms with Crippen molar-refractivity contribution in [3.63, 3.8) is 0 Å². The summed E-state index contributed by atoms with van der Waals surface area (Å²) in [6, 6.07) is 0. The Bertz CT molecular complexity index is 361. The van der Waals surface area contributed by atoms with Crippen LogP contribution >= 0.6 is 0 Å². The lowest BCUT2D eigenvalue weighted by atomic mass is 9.88. The number of hydrogen-bond donors (Lipinski definition) is 0. The second-order valence-corrected chi connectivity index (χ2v) is 5.51. The standard InChI is InChI=1S/C14H23N/c1-7-8-13-11(2)12(10-15(13)6)9-14(3,4)5/h7-8,10H,9H2,1-6H3/b8-7-. The van der Waals surface area contributed by atoms with Gasteiger partial charge in [-0.15, -0.1) is 0 Å². The van der Waals surface area contributed by atoms with Crippen LogP contribution in [-0.4, -0.2) is 4.57 Å². The minimum atomic E-state index is 0.360. The SMILES string of the molecule is C/C=C\c1c(C)c(CC(C)(C)C)cn1C. The van der Waals surface area contributed by atoms with Gasteiger partial charge in [-0.3, -0.25) is 0 Å². The molecule has 1 aromatic rings. The Morgan fingerprint density at radius 2 is 1.93 bits per heavy atom. The maximum absolute atomic E-state index is 2.29. The zero-order chi connectivity index (χ0) is 11.6. The lowest BCUT2D eigenvalue weighted by molar-refractivity contribution is 0.410. The van der Waals surface area contributed by atoms with Gasteiger partial charge in [0.1, 0.15) is 0 Å². The summed E-state index contributed by atoms with van der Waals surface area (Å²) in [6.45, 7) is 11.1. The van der Waals surface area contributed by atoms with E-state index in [-0.39, 0.29) is 0 Å². The summed E-state index contributed by atoms with van der Waals surface area (Å²) in [6.07, 6.45) is 7.69. The van der Waals surface area contributed by atoms with E-state index in [4.69, 9.17) is 0 Å². The third-order valence-electron chi connectivity index (χ3n) is 2.64. The van der Waals surface area contributed by atoms with Crippen LogP contribution < -0.4 is 0 Å². The summed E-state index contributed by atoms with van der Waals surface area (Å²) in [5, 5.41) is 0. The number of hydrogen-bond acceptors (Lipinski definition) is 0. The van der Waals surface area contributed by atoms with E-state index < -0.39 is 0 Å². The van der Waals surface area contributed by atoms with Crippen molar-refractivity contribution in [1.82, 2.24) is 4.57 Å². The Labute approximate surface area is 93.8 Å². The molecule has 0 atom stereocenters. The molecule has 84 valence electrons. The fraction of sp³-hybridized carbons (Fsp3) is 0.571. The van der Waals surface area contributed by atoms with Crippen molar-refractivity contribution < 1.29 is 0 Å². The molecule has 0 fully saturated rings. The molecule has 1 heteroatoms. The minimum absolute atomic E-state index is 0.360. The molecule has 1 aromatic heterocycles. The molecule has 0 aliphatic carbocycles. The molecule has 1 rings (SSSR count). The number of aromatic nitrogens is 1. The fourth-order valence-corrected chi connectivity index (χ4v) is 1.98. The van der Waals surface area contributed by atoms with Gasteiger partial charge >= 0.3 is 0 Å². The molecule has 0 unspecified atom stereocenters. The average molecular weight is 205 g/mol. The summed E-state index contributed by atoms with van der Waals surface area (Å²) in [5.41, 5.74) is 4.58. The first kappa shape index (κ1) is 12.1. The number of allylic oxidation sites excluding steroid dienone is 1. The average Bonchev–Trinajstić information content (AvgIpc) is 2.30. The van der Waals surface area contributed by atoms with Crippen LogP contribution in [0.5, 0.6) is 0 Å². The molecule has 0 aromatic carbocycles. The van der Waals surface area contributed by atoms with E-state index in [2.05, 4.69) is 64.6 Å². The largest absolute Gasteiger partial charge is 0.351 e. The predicted octanol–water partition coefficient (Wildman–Crippen LogP) is 3.96. The highest BCUT2D eigenvalue weighted by molar-refractivity contribution is 5.52. The lowest BCUT2D eigenvalue weighted by Crippen LogP contribution is -2.09. The van der Waals surface area contributed by atoms with Crippen LogP contribution in [0, 0.1) is 12.3 Å². The van der Waals surface area contributed by atoms with E-state index in [1.54, 1.807) is 0 Å². The van der Waals surface area contributed by atoms with Crippen LogP contribution in [0.15, 0.2) is 12.3 Å². The summed E-state index contributed by atoms with van der Waals surface area (Å²) in [4.78, 5) is 0. The topological polar surface area (TPSA) is 4.93 Å². The Morgan fingerprint density at radius 1 is 1.33 bits per heavy atom. The summed E-state index contributed by atoms with van der Waals surface area (Å²) < 4.78 is 2.22. The van der Waals surface area contributed by atoms with E-state index in [1.165, 1.54) is 16.8 Å². The molecule has 0 radical (unpaired) electrons. The van der Waals surface area contributed by atoms with Crippen molar-refractivity contribution >= 4 is 6.08 Å². The predicted molar refractivity (Wildman–Crippen MR) is 68.0 cm³/mol. The third kappa shape index (κ3) is 2.98. The molecule has 0 saturated carbocycles. The van der Waals surface area contributed by atoms with Gasteiger partial charge in [-0.1, -0.05) is 26.8 Å². The van der Waals surface area contributed by atoms with Crippen molar-refractivity contribution in [3.05, 3.63) is 29.1 Å². The molecule has 0 spiro atoms. The Morgan fingerprint density at radius 3 is 2.40 bits per heavy atom. The molecule has 0 aliphatic heterocycles. The van der Waals surface area contributed by atoms with Gasteiger partial charge in [-0.25, -0.2) is 0 Å². The molecule has 0 bridgehead atoms. The summed E-state index contributed by atoms with van der Waals surface area (Å²) in [5.74, 6) is 0. The van der Waals surface area contributed by atoms with Gasteiger partial charge in [0, 0.05) is 18.9 Å². The van der Waals surface area contributed by atoms with E-state index in [9.17, 15) is 0 Å². The van der Waals surface area contributed by atoms with E-state index in [0.717, 1.165) is 6.42 Å². The molecule has 0 aliphatic rings. The van der Waals surface area contributed by atoms with Crippen LogP contribution in [0.3, 0.4) is 0 Å². The highest BCUT2D eigenvalue weighted by Gasteiger charge is 2.15. The first-order valence-electron chi connectivity index (χ1n) is 5.62.